The van der Waals surface area contributed by atoms with Crippen LogP contribution in [-0.4, -0.2) is 94.4 Å². The number of carboxylic acid groups (broad SMARTS) is 1. The van der Waals surface area contributed by atoms with Gasteiger partial charge in [-0.3, -0.25) is 19.8 Å². The number of nitrogen functional groups attached to an aromatic ring is 1. The molecule has 1 aromatic carbocycles. The molecule has 276 valence electrons. The fourth-order valence-electron chi connectivity index (χ4n) is 5.35. The minimum absolute atomic E-state index is 0.0124. The van der Waals surface area contributed by atoms with Crippen LogP contribution in [0.1, 0.15) is 25.2 Å². The lowest BCUT2D eigenvalue weighted by Gasteiger charge is -2.49. The fraction of sp³-hybridized carbons (Fsp3) is 0.290. The summed E-state index contributed by atoms with van der Waals surface area (Å²) in [6, 6.07) is 8.28. The lowest BCUT2D eigenvalue weighted by molar-refractivity contribution is -0.662. The minimum Gasteiger partial charge on any atom is -0.497 e. The Bertz CT molecular complexity index is 2180. The molecule has 5 heterocycles. The number of benzene rings is 1. The van der Waals surface area contributed by atoms with Crippen LogP contribution < -0.4 is 31.4 Å². The second-order valence-electron chi connectivity index (χ2n) is 12.0. The van der Waals surface area contributed by atoms with Crippen LogP contribution in [0.4, 0.5) is 15.7 Å². The molecule has 3 aromatic heterocycles. The molecule has 7 N–H and O–H groups in total. The number of amides is 4. The van der Waals surface area contributed by atoms with Crippen LogP contribution in [-0.2, 0) is 41.9 Å². The summed E-state index contributed by atoms with van der Waals surface area (Å²) in [5, 5.41) is 22.6. The first-order valence-corrected chi connectivity index (χ1v) is 17.4. The number of β-lactam (4-membered cyclic amide) rings is 1. The number of esters is 1. The van der Waals surface area contributed by atoms with Crippen molar-refractivity contribution in [1.29, 1.82) is 0 Å². The van der Waals surface area contributed by atoms with Gasteiger partial charge in [-0.1, -0.05) is 26.9 Å². The maximum Gasteiger partial charge on any atom is 0.353 e. The number of carboxylic acids is 1. The number of nitrogens with zero attached hydrogens (tertiary/aromatic N) is 7. The van der Waals surface area contributed by atoms with E-state index in [1.165, 1.54) is 43.4 Å². The third-order valence-electron chi connectivity index (χ3n) is 7.93. The molecule has 1 fully saturated rings. The second-order valence-corrected chi connectivity index (χ2v) is 13.9. The van der Waals surface area contributed by atoms with Crippen LogP contribution in [0.3, 0.4) is 0 Å². The third kappa shape index (κ3) is 7.53. The van der Waals surface area contributed by atoms with Crippen LogP contribution >= 0.6 is 23.3 Å². The Labute approximate surface area is 307 Å². The normalized spacial score (nSPS) is 17.2. The summed E-state index contributed by atoms with van der Waals surface area (Å²) < 4.78 is 17.6. The summed E-state index contributed by atoms with van der Waals surface area (Å²) in [5.41, 5.74) is 10.2. The van der Waals surface area contributed by atoms with E-state index >= 15 is 0 Å². The second kappa shape index (κ2) is 14.7. The average molecular weight is 767 g/mol. The number of methoxy groups -OCH3 is 1. The molecule has 1 saturated heterocycles. The molecular weight excluding hydrogens is 735 g/mol. The number of ether oxygens (including phenoxy) is 2. The summed E-state index contributed by atoms with van der Waals surface area (Å²) in [6.45, 7) is 2.72. The number of oxime groups is 1. The van der Waals surface area contributed by atoms with E-state index in [4.69, 9.17) is 25.8 Å². The maximum atomic E-state index is 13.6. The molecule has 0 spiro atoms. The molecule has 2 aliphatic rings. The van der Waals surface area contributed by atoms with E-state index < -0.39 is 52.5 Å². The van der Waals surface area contributed by atoms with Crippen molar-refractivity contribution in [2.24, 2.45) is 10.9 Å². The van der Waals surface area contributed by atoms with Gasteiger partial charge in [0.25, 0.3) is 17.6 Å². The number of rotatable bonds is 13. The maximum absolute atomic E-state index is 13.6. The number of nitrogens with two attached hydrogens (primary N) is 2. The standard InChI is InChI=1S/C31H31N11O9S2/c1-31(2,28(47)50-13-15-6-8-17(49-3)9-7-15)51-38-20(23-37-30(33)53-39-23)24(43)36-21-25(44)41-22(27(45)46)16(14-52-26(21)41)11-40-12-18(35-29(32)48)42-19(40)5-4-10-34-42/h4-10,12,21,26H,11,13-14H2,1-3H3,(H6-,32,33,34,35,36,37,39,43,45,46,48)/p+1/b38-20-/t21-,26-/m1/s1. The van der Waals surface area contributed by atoms with Gasteiger partial charge in [0.2, 0.25) is 17.1 Å². The Morgan fingerprint density at radius 1 is 1.19 bits per heavy atom. The summed E-state index contributed by atoms with van der Waals surface area (Å²) in [6.07, 6.45) is 3.04. The van der Waals surface area contributed by atoms with Crippen LogP contribution in [0.15, 0.2) is 65.2 Å². The number of primary amides is 1. The molecule has 4 amide bonds. The van der Waals surface area contributed by atoms with E-state index in [0.29, 0.717) is 22.5 Å². The third-order valence-corrected chi connectivity index (χ3v) is 9.82. The highest BCUT2D eigenvalue weighted by Crippen LogP contribution is 2.40. The molecule has 0 unspecified atom stereocenters. The van der Waals surface area contributed by atoms with Crippen LogP contribution in [0.25, 0.3) is 5.65 Å². The first kappa shape index (κ1) is 36.5. The number of hydrogen-bond acceptors (Lipinski definition) is 15. The van der Waals surface area contributed by atoms with Crippen LogP contribution in [0, 0.1) is 0 Å². The molecule has 22 heteroatoms. The number of carbonyl (C=O) groups is 5. The first-order valence-electron chi connectivity index (χ1n) is 15.6. The van der Waals surface area contributed by atoms with Crippen molar-refractivity contribution in [1.82, 2.24) is 29.2 Å². The van der Waals surface area contributed by atoms with Crippen molar-refractivity contribution in [3.05, 3.63) is 71.4 Å². The van der Waals surface area contributed by atoms with Gasteiger partial charge in [-0.15, -0.1) is 11.8 Å². The van der Waals surface area contributed by atoms with Crippen molar-refractivity contribution in [3.8, 4) is 5.75 Å². The lowest BCUT2D eigenvalue weighted by Crippen LogP contribution is -2.71. The van der Waals surface area contributed by atoms with E-state index in [2.05, 4.69) is 30.2 Å². The number of aromatic nitrogens is 5. The van der Waals surface area contributed by atoms with E-state index in [9.17, 15) is 29.1 Å². The summed E-state index contributed by atoms with van der Waals surface area (Å²) in [7, 11) is 1.53. The highest BCUT2D eigenvalue weighted by atomic mass is 32.2. The Hall–Kier alpha value is -6.29. The number of urea groups is 1. The Balaban J connectivity index is 1.17. The topological polar surface area (TPSA) is 272 Å². The monoisotopic (exact) mass is 766 g/mol. The number of nitrogens with one attached hydrogen (secondary N) is 2. The first-order chi connectivity index (χ1) is 25.3. The molecule has 2 atom stereocenters. The van der Waals surface area contributed by atoms with Crippen molar-refractivity contribution >= 4 is 75.4 Å². The van der Waals surface area contributed by atoms with Crippen molar-refractivity contribution < 1.29 is 48.0 Å². The molecule has 0 aliphatic carbocycles. The molecule has 4 aromatic rings. The van der Waals surface area contributed by atoms with E-state index in [-0.39, 0.29) is 41.4 Å². The smallest absolute Gasteiger partial charge is 0.353 e. The molecule has 20 nitrogen and oxygen atoms in total. The summed E-state index contributed by atoms with van der Waals surface area (Å²) in [5.74, 6) is -2.93. The predicted molar refractivity (Wildman–Crippen MR) is 187 cm³/mol. The number of carbonyl (C=O) groups excluding carboxylic acids is 4. The zero-order chi connectivity index (χ0) is 38.0. The van der Waals surface area contributed by atoms with Gasteiger partial charge in [0.1, 0.15) is 36.0 Å². The van der Waals surface area contributed by atoms with Crippen molar-refractivity contribution in [2.45, 2.75) is 44.0 Å². The summed E-state index contributed by atoms with van der Waals surface area (Å²) >= 11 is 2.01. The molecule has 0 bridgehead atoms. The fourth-order valence-corrected chi connectivity index (χ4v) is 7.12. The highest BCUT2D eigenvalue weighted by molar-refractivity contribution is 8.00. The SMILES string of the molecule is COc1ccc(COC(=O)C(C)(C)O/N=C(\C(=O)N[C@@H]2C(=O)N3C(C(=O)O)=C(C[n+]4cc(NC(N)=O)n5ncccc54)CS[C@H]23)c2nsc(N)n2)cc1. The number of imidazole rings is 1. The zero-order valence-electron chi connectivity index (χ0n) is 28.2. The van der Waals surface area contributed by atoms with Gasteiger partial charge in [-0.05, 0) is 37.6 Å². The molecule has 53 heavy (non-hydrogen) atoms. The summed E-state index contributed by atoms with van der Waals surface area (Å²) in [4.78, 5) is 74.8. The van der Waals surface area contributed by atoms with Gasteiger partial charge in [0, 0.05) is 28.9 Å². The molecule has 6 rings (SSSR count). The van der Waals surface area contributed by atoms with Gasteiger partial charge in [-0.25, -0.2) is 19.0 Å². The highest BCUT2D eigenvalue weighted by Gasteiger charge is 2.55. The van der Waals surface area contributed by atoms with E-state index in [1.807, 2.05) is 0 Å². The number of anilines is 2. The predicted octanol–water partition coefficient (Wildman–Crippen LogP) is 0.236. The average Bonchev–Trinajstić information content (AvgIpc) is 3.71. The van der Waals surface area contributed by atoms with Crippen LogP contribution in [0.5, 0.6) is 5.75 Å². The number of aliphatic carboxylic acids is 1. The van der Waals surface area contributed by atoms with E-state index in [0.717, 1.165) is 16.4 Å². The Morgan fingerprint density at radius 2 is 1.94 bits per heavy atom. The Morgan fingerprint density at radius 3 is 2.60 bits per heavy atom. The Kier molecular flexibility index (Phi) is 10.2. The van der Waals surface area contributed by atoms with Crippen molar-refractivity contribution in [2.75, 3.05) is 23.9 Å². The zero-order valence-corrected chi connectivity index (χ0v) is 29.8. The van der Waals surface area contributed by atoms with Gasteiger partial charge < -0.3 is 36.2 Å². The van der Waals surface area contributed by atoms with Crippen LogP contribution in [0.2, 0.25) is 0 Å². The molecular formula is C31H32N11O9S2+. The van der Waals surface area contributed by atoms with Gasteiger partial charge in [0.05, 0.1) is 13.3 Å². The number of hydrogen-bond donors (Lipinski definition) is 5. The van der Waals surface area contributed by atoms with E-state index in [1.54, 1.807) is 47.2 Å². The largest absolute Gasteiger partial charge is 0.497 e. The van der Waals surface area contributed by atoms with Gasteiger partial charge in [-0.2, -0.15) is 9.36 Å². The van der Waals surface area contributed by atoms with Gasteiger partial charge >= 0.3 is 23.6 Å². The quantitative estimate of drug-likeness (QED) is 0.0401. The molecule has 2 aliphatic heterocycles. The molecule has 0 saturated carbocycles. The number of thioether (sulfide) groups is 1. The molecule has 0 radical (unpaired) electrons. The lowest BCUT2D eigenvalue weighted by atomic mass is 10.0. The van der Waals surface area contributed by atoms with Crippen molar-refractivity contribution in [3.63, 3.8) is 0 Å². The minimum atomic E-state index is -1.68. The number of fused-ring (bicyclic) bond motifs is 2. The van der Waals surface area contributed by atoms with Gasteiger partial charge in [0.15, 0.2) is 11.3 Å².